The molecule has 0 fully saturated rings. The van der Waals surface area contributed by atoms with Gasteiger partial charge < -0.3 is 4.90 Å². The zero-order chi connectivity index (χ0) is 6.41. The minimum absolute atomic E-state index is 0.465. The van der Waals surface area contributed by atoms with Crippen molar-refractivity contribution in [2.24, 2.45) is 0 Å². The van der Waals surface area contributed by atoms with Crippen LogP contribution in [-0.2, 0) is 4.79 Å². The first-order valence-electron chi connectivity index (χ1n) is 2.21. The largest absolute Gasteiger partial charge is 0.337 e. The van der Waals surface area contributed by atoms with Crippen molar-refractivity contribution in [3.63, 3.8) is 0 Å². The molecule has 2 heteroatoms. The van der Waals surface area contributed by atoms with Gasteiger partial charge in [-0.2, -0.15) is 0 Å². The molecule has 0 unspecified atom stereocenters. The maximum Gasteiger partial charge on any atom is 0.210 e. The molecule has 0 heterocycles. The van der Waals surface area contributed by atoms with E-state index in [-0.39, 0.29) is 0 Å². The van der Waals surface area contributed by atoms with Gasteiger partial charge in [0.05, 0.1) is 6.54 Å². The average molecular weight is 110 g/mol. The van der Waals surface area contributed by atoms with Gasteiger partial charge in [0, 0.05) is 14.0 Å². The molecule has 0 aliphatic rings. The Labute approximate surface area is 49.5 Å². The summed E-state index contributed by atoms with van der Waals surface area (Å²) in [7, 11) is 1.66. The molecule has 0 bridgehead atoms. The van der Waals surface area contributed by atoms with Crippen molar-refractivity contribution in [3.05, 3.63) is 6.92 Å². The third kappa shape index (κ3) is 3.23. The molecule has 43 valence electrons. The fourth-order valence-corrected chi connectivity index (χ4v) is 0.218. The monoisotopic (exact) mass is 110 g/mol. The normalized spacial score (nSPS) is 6.75. The Bertz CT molecular complexity index is 120. The molecule has 0 aliphatic heterocycles. The summed E-state index contributed by atoms with van der Waals surface area (Å²) in [4.78, 5) is 11.3. The smallest absolute Gasteiger partial charge is 0.210 e. The van der Waals surface area contributed by atoms with E-state index in [9.17, 15) is 4.79 Å². The van der Waals surface area contributed by atoms with Crippen LogP contribution < -0.4 is 0 Å². The number of amides is 1. The molecule has 0 rings (SSSR count). The standard InChI is InChI=1S/C6H8NO/c1-3-4-5-7(2)6-8/h6H,1,5H2,2H3. The lowest BCUT2D eigenvalue weighted by Gasteiger charge is -2.01. The summed E-state index contributed by atoms with van der Waals surface area (Å²) in [6.45, 7) is 3.75. The fourth-order valence-electron chi connectivity index (χ4n) is 0.218. The van der Waals surface area contributed by atoms with E-state index in [2.05, 4.69) is 18.8 Å². The van der Waals surface area contributed by atoms with E-state index >= 15 is 0 Å². The van der Waals surface area contributed by atoms with Crippen LogP contribution >= 0.6 is 0 Å². The molecule has 8 heavy (non-hydrogen) atoms. The Kier molecular flexibility index (Phi) is 3.69. The zero-order valence-electron chi connectivity index (χ0n) is 4.85. The van der Waals surface area contributed by atoms with Crippen LogP contribution in [0.25, 0.3) is 0 Å². The molecular weight excluding hydrogens is 102 g/mol. The summed E-state index contributed by atoms with van der Waals surface area (Å²) in [5.41, 5.74) is 0. The fraction of sp³-hybridized carbons (Fsp3) is 0.333. The van der Waals surface area contributed by atoms with E-state index in [4.69, 9.17) is 0 Å². The molecule has 0 aromatic carbocycles. The molecule has 0 atom stereocenters. The summed E-state index contributed by atoms with van der Waals surface area (Å²) < 4.78 is 0. The van der Waals surface area contributed by atoms with E-state index in [0.717, 1.165) is 6.41 Å². The number of rotatable bonds is 2. The lowest BCUT2D eigenvalue weighted by Crippen LogP contribution is -2.15. The Morgan fingerprint density at radius 3 is 2.88 bits per heavy atom. The van der Waals surface area contributed by atoms with Crippen LogP contribution in [0.3, 0.4) is 0 Å². The van der Waals surface area contributed by atoms with Crippen molar-refractivity contribution in [2.45, 2.75) is 0 Å². The number of carbonyl (C=O) groups is 1. The van der Waals surface area contributed by atoms with E-state index < -0.39 is 0 Å². The summed E-state index contributed by atoms with van der Waals surface area (Å²) in [6, 6.07) is 0. The predicted molar refractivity (Wildman–Crippen MR) is 31.8 cm³/mol. The maximum atomic E-state index is 9.85. The summed E-state index contributed by atoms with van der Waals surface area (Å²) in [5, 5.41) is 0. The molecule has 0 spiro atoms. The van der Waals surface area contributed by atoms with Gasteiger partial charge >= 0.3 is 0 Å². The number of nitrogens with zero attached hydrogens (tertiary/aromatic N) is 1. The predicted octanol–water partition coefficient (Wildman–Crippen LogP) is -0.0879. The minimum atomic E-state index is 0.465. The molecule has 0 saturated carbocycles. The molecule has 0 aromatic heterocycles. The van der Waals surface area contributed by atoms with Crippen LogP contribution in [0.4, 0.5) is 0 Å². The van der Waals surface area contributed by atoms with Crippen LogP contribution in [0.2, 0.25) is 0 Å². The number of hydrogen-bond donors (Lipinski definition) is 0. The number of carbonyl (C=O) groups excluding carboxylic acids is 1. The average Bonchev–Trinajstić information content (AvgIpc) is 1.83. The molecule has 0 aliphatic carbocycles. The first-order valence-corrected chi connectivity index (χ1v) is 2.21. The van der Waals surface area contributed by atoms with Crippen LogP contribution in [0, 0.1) is 18.8 Å². The van der Waals surface area contributed by atoms with Crippen molar-refractivity contribution < 1.29 is 4.79 Å². The molecule has 1 radical (unpaired) electrons. The SMILES string of the molecule is [CH2]C#CCN(C)C=O. The van der Waals surface area contributed by atoms with Crippen molar-refractivity contribution in [1.29, 1.82) is 0 Å². The van der Waals surface area contributed by atoms with Crippen LogP contribution in [-0.4, -0.2) is 24.9 Å². The molecular formula is C6H8NO. The third-order valence-corrected chi connectivity index (χ3v) is 0.633. The van der Waals surface area contributed by atoms with E-state index in [1.165, 1.54) is 4.90 Å². The van der Waals surface area contributed by atoms with Crippen LogP contribution in [0.15, 0.2) is 0 Å². The van der Waals surface area contributed by atoms with Crippen LogP contribution in [0.1, 0.15) is 0 Å². The Balaban J connectivity index is 3.33. The van der Waals surface area contributed by atoms with Crippen molar-refractivity contribution in [3.8, 4) is 11.8 Å². The Morgan fingerprint density at radius 1 is 1.88 bits per heavy atom. The van der Waals surface area contributed by atoms with Gasteiger partial charge in [0.2, 0.25) is 6.41 Å². The van der Waals surface area contributed by atoms with Gasteiger partial charge in [-0.25, -0.2) is 0 Å². The second kappa shape index (κ2) is 4.20. The topological polar surface area (TPSA) is 20.3 Å². The maximum absolute atomic E-state index is 9.85. The van der Waals surface area contributed by atoms with Crippen molar-refractivity contribution >= 4 is 6.41 Å². The van der Waals surface area contributed by atoms with Crippen LogP contribution in [0.5, 0.6) is 0 Å². The molecule has 2 nitrogen and oxygen atoms in total. The molecule has 0 aromatic rings. The highest BCUT2D eigenvalue weighted by molar-refractivity contribution is 5.47. The lowest BCUT2D eigenvalue weighted by atomic mass is 10.6. The zero-order valence-corrected chi connectivity index (χ0v) is 4.85. The van der Waals surface area contributed by atoms with Crippen molar-refractivity contribution in [1.82, 2.24) is 4.90 Å². The Morgan fingerprint density at radius 2 is 2.50 bits per heavy atom. The van der Waals surface area contributed by atoms with Gasteiger partial charge in [-0.1, -0.05) is 5.92 Å². The number of hydrogen-bond acceptors (Lipinski definition) is 1. The van der Waals surface area contributed by atoms with E-state index in [1.807, 2.05) is 0 Å². The quantitative estimate of drug-likeness (QED) is 0.359. The van der Waals surface area contributed by atoms with Gasteiger partial charge in [-0.15, -0.1) is 5.92 Å². The van der Waals surface area contributed by atoms with Gasteiger partial charge in [0.25, 0.3) is 0 Å². The lowest BCUT2D eigenvalue weighted by molar-refractivity contribution is -0.116. The van der Waals surface area contributed by atoms with E-state index in [1.54, 1.807) is 7.05 Å². The molecule has 0 N–H and O–H groups in total. The molecule has 1 amide bonds. The third-order valence-electron chi connectivity index (χ3n) is 0.633. The second-order valence-electron chi connectivity index (χ2n) is 1.37. The van der Waals surface area contributed by atoms with Gasteiger partial charge in [0.1, 0.15) is 0 Å². The molecule has 0 saturated heterocycles. The first kappa shape index (κ1) is 7.03. The highest BCUT2D eigenvalue weighted by atomic mass is 16.1. The van der Waals surface area contributed by atoms with Crippen molar-refractivity contribution in [2.75, 3.05) is 13.6 Å². The second-order valence-corrected chi connectivity index (χ2v) is 1.37. The highest BCUT2D eigenvalue weighted by Crippen LogP contribution is 1.68. The highest BCUT2D eigenvalue weighted by Gasteiger charge is 1.82. The Hall–Kier alpha value is -0.970. The summed E-state index contributed by atoms with van der Waals surface area (Å²) in [6.07, 6.45) is 0.727. The first-order chi connectivity index (χ1) is 3.81. The van der Waals surface area contributed by atoms with Gasteiger partial charge in [0.15, 0.2) is 0 Å². The van der Waals surface area contributed by atoms with E-state index in [0.29, 0.717) is 6.54 Å². The minimum Gasteiger partial charge on any atom is -0.337 e. The van der Waals surface area contributed by atoms with Gasteiger partial charge in [-0.3, -0.25) is 4.79 Å². The summed E-state index contributed by atoms with van der Waals surface area (Å²) >= 11 is 0. The summed E-state index contributed by atoms with van der Waals surface area (Å²) in [5.74, 6) is 5.06. The van der Waals surface area contributed by atoms with Gasteiger partial charge in [-0.05, 0) is 0 Å².